The number of benzene rings is 1. The molecule has 0 aliphatic heterocycles. The quantitative estimate of drug-likeness (QED) is 0.488. The molecular formula is C11H10F5N. The molecule has 1 unspecified atom stereocenters. The highest BCUT2D eigenvalue weighted by Gasteiger charge is 2.52. The summed E-state index contributed by atoms with van der Waals surface area (Å²) in [5.41, 5.74) is 3.67. The Balaban J connectivity index is 2.71. The molecule has 1 aromatic rings. The van der Waals surface area contributed by atoms with Crippen LogP contribution in [-0.2, 0) is 5.41 Å². The molecule has 1 fully saturated rings. The average Bonchev–Trinajstić information content (AvgIpc) is 3.05. The number of rotatable bonds is 2. The van der Waals surface area contributed by atoms with E-state index in [1.165, 1.54) is 6.92 Å². The predicted molar refractivity (Wildman–Crippen MR) is 50.8 cm³/mol. The first-order valence-corrected chi connectivity index (χ1v) is 5.10. The topological polar surface area (TPSA) is 26.0 Å². The van der Waals surface area contributed by atoms with Crippen molar-refractivity contribution < 1.29 is 22.0 Å². The Morgan fingerprint density at radius 2 is 1.24 bits per heavy atom. The summed E-state index contributed by atoms with van der Waals surface area (Å²) in [5.74, 6) is -9.49. The molecule has 0 spiro atoms. The number of hydrogen-bond acceptors (Lipinski definition) is 1. The van der Waals surface area contributed by atoms with Crippen molar-refractivity contribution in [1.29, 1.82) is 0 Å². The molecule has 0 bridgehead atoms. The van der Waals surface area contributed by atoms with Crippen molar-refractivity contribution in [1.82, 2.24) is 0 Å². The lowest BCUT2D eigenvalue weighted by Gasteiger charge is -2.21. The lowest BCUT2D eigenvalue weighted by Crippen LogP contribution is -2.34. The van der Waals surface area contributed by atoms with Gasteiger partial charge in [-0.05, 0) is 19.8 Å². The first-order valence-electron chi connectivity index (χ1n) is 5.10. The van der Waals surface area contributed by atoms with Crippen molar-refractivity contribution in [3.05, 3.63) is 34.6 Å². The summed E-state index contributed by atoms with van der Waals surface area (Å²) < 4.78 is 65.9. The van der Waals surface area contributed by atoms with Crippen LogP contribution in [0, 0.1) is 29.1 Å². The van der Waals surface area contributed by atoms with Gasteiger partial charge in [-0.3, -0.25) is 0 Å². The van der Waals surface area contributed by atoms with Crippen LogP contribution in [-0.4, -0.2) is 6.04 Å². The van der Waals surface area contributed by atoms with Gasteiger partial charge in [0.25, 0.3) is 0 Å². The van der Waals surface area contributed by atoms with Crippen LogP contribution < -0.4 is 5.73 Å². The molecule has 1 aromatic carbocycles. The predicted octanol–water partition coefficient (Wildman–Crippen LogP) is 2.76. The standard InChI is InChI=1S/C11H10F5N/c1-4(17)11(2-3-11)5-6(12)8(14)10(16)9(15)7(5)13/h4H,2-3,17H2,1H3. The lowest BCUT2D eigenvalue weighted by molar-refractivity contribution is 0.355. The van der Waals surface area contributed by atoms with Crippen LogP contribution in [0.5, 0.6) is 0 Å². The van der Waals surface area contributed by atoms with E-state index in [0.717, 1.165) is 0 Å². The largest absolute Gasteiger partial charge is 0.327 e. The fourth-order valence-corrected chi connectivity index (χ4v) is 2.11. The van der Waals surface area contributed by atoms with E-state index in [4.69, 9.17) is 5.73 Å². The van der Waals surface area contributed by atoms with Crippen LogP contribution in [0.25, 0.3) is 0 Å². The Kier molecular flexibility index (Phi) is 2.65. The van der Waals surface area contributed by atoms with E-state index in [1.54, 1.807) is 0 Å². The zero-order valence-corrected chi connectivity index (χ0v) is 8.96. The second-order valence-corrected chi connectivity index (χ2v) is 4.39. The molecule has 0 heterocycles. The zero-order chi connectivity index (χ0) is 13.0. The second kappa shape index (κ2) is 3.66. The lowest BCUT2D eigenvalue weighted by atomic mass is 9.88. The first-order chi connectivity index (χ1) is 7.83. The molecule has 0 radical (unpaired) electrons. The van der Waals surface area contributed by atoms with E-state index in [1.807, 2.05) is 0 Å². The number of hydrogen-bond donors (Lipinski definition) is 1. The normalized spacial score (nSPS) is 19.2. The minimum absolute atomic E-state index is 0.322. The van der Waals surface area contributed by atoms with E-state index < -0.39 is 46.1 Å². The summed E-state index contributed by atoms with van der Waals surface area (Å²) in [6.45, 7) is 1.49. The van der Waals surface area contributed by atoms with Gasteiger partial charge in [-0.15, -0.1) is 0 Å². The van der Waals surface area contributed by atoms with Crippen LogP contribution in [0.15, 0.2) is 0 Å². The molecule has 6 heteroatoms. The van der Waals surface area contributed by atoms with Gasteiger partial charge in [0.15, 0.2) is 23.3 Å². The van der Waals surface area contributed by atoms with Crippen LogP contribution in [0.1, 0.15) is 25.3 Å². The van der Waals surface area contributed by atoms with Gasteiger partial charge in [-0.25, -0.2) is 22.0 Å². The minimum Gasteiger partial charge on any atom is -0.327 e. The summed E-state index contributed by atoms with van der Waals surface area (Å²) >= 11 is 0. The fourth-order valence-electron chi connectivity index (χ4n) is 2.11. The average molecular weight is 251 g/mol. The fraction of sp³-hybridized carbons (Fsp3) is 0.455. The third kappa shape index (κ3) is 1.54. The van der Waals surface area contributed by atoms with Gasteiger partial charge in [-0.1, -0.05) is 0 Å². The molecule has 1 nitrogen and oxygen atoms in total. The van der Waals surface area contributed by atoms with Crippen molar-refractivity contribution in [3.63, 3.8) is 0 Å². The maximum absolute atomic E-state index is 13.5. The molecule has 17 heavy (non-hydrogen) atoms. The third-order valence-electron chi connectivity index (χ3n) is 3.37. The van der Waals surface area contributed by atoms with Crippen molar-refractivity contribution in [3.8, 4) is 0 Å². The van der Waals surface area contributed by atoms with Crippen LogP contribution in [0.3, 0.4) is 0 Å². The number of nitrogens with two attached hydrogens (primary N) is 1. The van der Waals surface area contributed by atoms with Crippen molar-refractivity contribution in [2.24, 2.45) is 5.73 Å². The smallest absolute Gasteiger partial charge is 0.200 e. The van der Waals surface area contributed by atoms with E-state index in [2.05, 4.69) is 0 Å². The van der Waals surface area contributed by atoms with Gasteiger partial charge in [0, 0.05) is 17.0 Å². The summed E-state index contributed by atoms with van der Waals surface area (Å²) in [6, 6.07) is -0.671. The molecular weight excluding hydrogens is 241 g/mol. The highest BCUT2D eigenvalue weighted by molar-refractivity contribution is 5.37. The molecule has 2 N–H and O–H groups in total. The molecule has 94 valence electrons. The van der Waals surface area contributed by atoms with Crippen molar-refractivity contribution >= 4 is 0 Å². The molecule has 0 saturated heterocycles. The Morgan fingerprint density at radius 1 is 0.882 bits per heavy atom. The molecule has 0 aromatic heterocycles. The molecule has 1 aliphatic carbocycles. The second-order valence-electron chi connectivity index (χ2n) is 4.39. The maximum Gasteiger partial charge on any atom is 0.200 e. The Hall–Kier alpha value is -1.17. The Bertz CT molecular complexity index is 450. The minimum atomic E-state index is -2.13. The SMILES string of the molecule is CC(N)C1(c2c(F)c(F)c(F)c(F)c2F)CC1. The molecule has 0 amide bonds. The van der Waals surface area contributed by atoms with Gasteiger partial charge in [0.05, 0.1) is 0 Å². The highest BCUT2D eigenvalue weighted by atomic mass is 19.2. The Morgan fingerprint density at radius 3 is 1.53 bits per heavy atom. The molecule has 2 rings (SSSR count). The summed E-state index contributed by atoms with van der Waals surface area (Å²) in [7, 11) is 0. The summed E-state index contributed by atoms with van der Waals surface area (Å²) in [6.07, 6.45) is 0.645. The Labute approximate surface area is 94.4 Å². The van der Waals surface area contributed by atoms with Gasteiger partial charge in [-0.2, -0.15) is 0 Å². The van der Waals surface area contributed by atoms with Crippen molar-refractivity contribution in [2.45, 2.75) is 31.2 Å². The van der Waals surface area contributed by atoms with Crippen molar-refractivity contribution in [2.75, 3.05) is 0 Å². The summed E-state index contributed by atoms with van der Waals surface area (Å²) in [4.78, 5) is 0. The molecule has 1 saturated carbocycles. The first kappa shape index (κ1) is 12.3. The van der Waals surface area contributed by atoms with E-state index in [0.29, 0.717) is 12.8 Å². The monoisotopic (exact) mass is 251 g/mol. The van der Waals surface area contributed by atoms with Gasteiger partial charge in [0.2, 0.25) is 5.82 Å². The van der Waals surface area contributed by atoms with E-state index >= 15 is 0 Å². The number of halogens is 5. The van der Waals surface area contributed by atoms with Gasteiger partial charge >= 0.3 is 0 Å². The molecule has 1 aliphatic rings. The van der Waals surface area contributed by atoms with Gasteiger partial charge < -0.3 is 5.73 Å². The van der Waals surface area contributed by atoms with E-state index in [9.17, 15) is 22.0 Å². The zero-order valence-electron chi connectivity index (χ0n) is 8.96. The third-order valence-corrected chi connectivity index (χ3v) is 3.37. The maximum atomic E-state index is 13.5. The highest BCUT2D eigenvalue weighted by Crippen LogP contribution is 2.52. The van der Waals surface area contributed by atoms with Crippen LogP contribution >= 0.6 is 0 Å². The molecule has 1 atom stereocenters. The van der Waals surface area contributed by atoms with Gasteiger partial charge in [0.1, 0.15) is 0 Å². The summed E-state index contributed by atoms with van der Waals surface area (Å²) in [5, 5.41) is 0. The van der Waals surface area contributed by atoms with Crippen LogP contribution in [0.4, 0.5) is 22.0 Å². The van der Waals surface area contributed by atoms with E-state index in [-0.39, 0.29) is 0 Å². The van der Waals surface area contributed by atoms with Crippen LogP contribution in [0.2, 0.25) is 0 Å².